The minimum atomic E-state index is -0.610. The number of carbonyl (C=O) groups is 1. The molecule has 4 nitrogen and oxygen atoms in total. The molecule has 0 bridgehead atoms. The fourth-order valence-electron chi connectivity index (χ4n) is 1.47. The van der Waals surface area contributed by atoms with Crippen LogP contribution < -0.4 is 0 Å². The van der Waals surface area contributed by atoms with Crippen LogP contribution in [-0.4, -0.2) is 31.6 Å². The Morgan fingerprint density at radius 3 is 2.62 bits per heavy atom. The van der Waals surface area contributed by atoms with Gasteiger partial charge in [0.25, 0.3) is 0 Å². The minimum absolute atomic E-state index is 0.163. The molecule has 1 aliphatic rings. The molecule has 1 saturated heterocycles. The van der Waals surface area contributed by atoms with Gasteiger partial charge in [0.1, 0.15) is 6.10 Å². The Labute approximate surface area is 97.2 Å². The maximum absolute atomic E-state index is 11.8. The standard InChI is InChI=1S/C12H22O4/c1-6-11(2,3)10(13)16-9-7-12(4,14-5)15-8-9/h9H,6-8H2,1-5H3. The first-order chi connectivity index (χ1) is 7.33. The second-order valence-electron chi connectivity index (χ2n) is 5.12. The summed E-state index contributed by atoms with van der Waals surface area (Å²) in [6.45, 7) is 8.02. The van der Waals surface area contributed by atoms with Crippen molar-refractivity contribution >= 4 is 5.97 Å². The van der Waals surface area contributed by atoms with Gasteiger partial charge in [-0.15, -0.1) is 0 Å². The van der Waals surface area contributed by atoms with Crippen molar-refractivity contribution in [2.24, 2.45) is 5.41 Å². The molecular formula is C12H22O4. The molecule has 0 spiro atoms. The lowest BCUT2D eigenvalue weighted by Gasteiger charge is -2.23. The highest BCUT2D eigenvalue weighted by Gasteiger charge is 2.40. The monoisotopic (exact) mass is 230 g/mol. The molecule has 1 heterocycles. The molecule has 16 heavy (non-hydrogen) atoms. The SMILES string of the molecule is CCC(C)(C)C(=O)OC1COC(C)(OC)C1. The molecule has 0 radical (unpaired) electrons. The van der Waals surface area contributed by atoms with E-state index in [-0.39, 0.29) is 12.1 Å². The molecule has 0 aromatic rings. The molecule has 2 atom stereocenters. The van der Waals surface area contributed by atoms with E-state index in [0.29, 0.717) is 13.0 Å². The lowest BCUT2D eigenvalue weighted by molar-refractivity contribution is -0.178. The summed E-state index contributed by atoms with van der Waals surface area (Å²) in [5, 5.41) is 0. The van der Waals surface area contributed by atoms with Crippen LogP contribution in [0.4, 0.5) is 0 Å². The summed E-state index contributed by atoms with van der Waals surface area (Å²) in [5.74, 6) is -0.773. The minimum Gasteiger partial charge on any atom is -0.459 e. The maximum atomic E-state index is 11.8. The third-order valence-corrected chi connectivity index (χ3v) is 3.31. The lowest BCUT2D eigenvalue weighted by atomic mass is 9.90. The molecule has 0 aromatic carbocycles. The largest absolute Gasteiger partial charge is 0.459 e. The first kappa shape index (κ1) is 13.5. The van der Waals surface area contributed by atoms with E-state index in [0.717, 1.165) is 6.42 Å². The molecule has 4 heteroatoms. The maximum Gasteiger partial charge on any atom is 0.311 e. The van der Waals surface area contributed by atoms with Crippen LogP contribution in [0, 0.1) is 5.41 Å². The molecule has 1 rings (SSSR count). The van der Waals surface area contributed by atoms with E-state index in [1.54, 1.807) is 7.11 Å². The zero-order valence-electron chi connectivity index (χ0n) is 10.8. The quantitative estimate of drug-likeness (QED) is 0.694. The molecular weight excluding hydrogens is 208 g/mol. The molecule has 0 aliphatic carbocycles. The Morgan fingerprint density at radius 1 is 1.56 bits per heavy atom. The number of methoxy groups -OCH3 is 1. The van der Waals surface area contributed by atoms with Gasteiger partial charge in [0, 0.05) is 13.5 Å². The van der Waals surface area contributed by atoms with Crippen LogP contribution in [-0.2, 0) is 19.0 Å². The fourth-order valence-corrected chi connectivity index (χ4v) is 1.47. The predicted octanol–water partition coefficient (Wildman–Crippen LogP) is 2.12. The van der Waals surface area contributed by atoms with E-state index >= 15 is 0 Å². The molecule has 0 N–H and O–H groups in total. The highest BCUT2D eigenvalue weighted by molar-refractivity contribution is 5.76. The number of hydrogen-bond acceptors (Lipinski definition) is 4. The first-order valence-electron chi connectivity index (χ1n) is 5.73. The fraction of sp³-hybridized carbons (Fsp3) is 0.917. The van der Waals surface area contributed by atoms with Crippen molar-refractivity contribution in [3.05, 3.63) is 0 Å². The van der Waals surface area contributed by atoms with Gasteiger partial charge in [-0.3, -0.25) is 4.79 Å². The normalized spacial score (nSPS) is 30.4. The van der Waals surface area contributed by atoms with Crippen LogP contribution >= 0.6 is 0 Å². The van der Waals surface area contributed by atoms with Gasteiger partial charge in [-0.2, -0.15) is 0 Å². The molecule has 1 aliphatic heterocycles. The van der Waals surface area contributed by atoms with Crippen LogP contribution in [0.2, 0.25) is 0 Å². The van der Waals surface area contributed by atoms with Crippen molar-refractivity contribution in [2.75, 3.05) is 13.7 Å². The van der Waals surface area contributed by atoms with Crippen LogP contribution in [0.5, 0.6) is 0 Å². The molecule has 0 amide bonds. The topological polar surface area (TPSA) is 44.8 Å². The number of ether oxygens (including phenoxy) is 3. The van der Waals surface area contributed by atoms with Crippen LogP contribution in [0.3, 0.4) is 0 Å². The summed E-state index contributed by atoms with van der Waals surface area (Å²) < 4.78 is 16.1. The van der Waals surface area contributed by atoms with Gasteiger partial charge >= 0.3 is 5.97 Å². The average Bonchev–Trinajstić information content (AvgIpc) is 2.61. The van der Waals surface area contributed by atoms with Gasteiger partial charge in [0.2, 0.25) is 0 Å². The predicted molar refractivity (Wildman–Crippen MR) is 59.9 cm³/mol. The number of esters is 1. The van der Waals surface area contributed by atoms with Gasteiger partial charge in [-0.1, -0.05) is 6.92 Å². The Morgan fingerprint density at radius 2 is 2.19 bits per heavy atom. The number of rotatable bonds is 4. The highest BCUT2D eigenvalue weighted by Crippen LogP contribution is 2.30. The van der Waals surface area contributed by atoms with Crippen LogP contribution in [0.15, 0.2) is 0 Å². The molecule has 2 unspecified atom stereocenters. The summed E-state index contributed by atoms with van der Waals surface area (Å²) in [6, 6.07) is 0. The zero-order chi connectivity index (χ0) is 12.4. The van der Waals surface area contributed by atoms with Crippen molar-refractivity contribution in [1.82, 2.24) is 0 Å². The van der Waals surface area contributed by atoms with Gasteiger partial charge in [-0.05, 0) is 27.2 Å². The van der Waals surface area contributed by atoms with Gasteiger partial charge in [0.15, 0.2) is 5.79 Å². The van der Waals surface area contributed by atoms with Crippen molar-refractivity contribution < 1.29 is 19.0 Å². The van der Waals surface area contributed by atoms with Crippen LogP contribution in [0.25, 0.3) is 0 Å². The van der Waals surface area contributed by atoms with Gasteiger partial charge < -0.3 is 14.2 Å². The van der Waals surface area contributed by atoms with E-state index in [4.69, 9.17) is 14.2 Å². The third kappa shape index (κ3) is 2.95. The lowest BCUT2D eigenvalue weighted by Crippen LogP contribution is -2.31. The Balaban J connectivity index is 2.49. The Bertz CT molecular complexity index is 262. The van der Waals surface area contributed by atoms with E-state index in [2.05, 4.69) is 0 Å². The third-order valence-electron chi connectivity index (χ3n) is 3.31. The van der Waals surface area contributed by atoms with Gasteiger partial charge in [-0.25, -0.2) is 0 Å². The van der Waals surface area contributed by atoms with E-state index in [1.807, 2.05) is 27.7 Å². The molecule has 0 aromatic heterocycles. The summed E-state index contributed by atoms with van der Waals surface area (Å²) >= 11 is 0. The number of carbonyl (C=O) groups excluding carboxylic acids is 1. The van der Waals surface area contributed by atoms with E-state index < -0.39 is 11.2 Å². The average molecular weight is 230 g/mol. The smallest absolute Gasteiger partial charge is 0.311 e. The second kappa shape index (κ2) is 4.72. The van der Waals surface area contributed by atoms with E-state index in [1.165, 1.54) is 0 Å². The Kier molecular flexibility index (Phi) is 3.97. The highest BCUT2D eigenvalue weighted by atomic mass is 16.7. The number of hydrogen-bond donors (Lipinski definition) is 0. The van der Waals surface area contributed by atoms with Crippen molar-refractivity contribution in [3.8, 4) is 0 Å². The van der Waals surface area contributed by atoms with Crippen LogP contribution in [0.1, 0.15) is 40.5 Å². The second-order valence-corrected chi connectivity index (χ2v) is 5.12. The molecule has 1 fully saturated rings. The van der Waals surface area contributed by atoms with E-state index in [9.17, 15) is 4.79 Å². The summed E-state index contributed by atoms with van der Waals surface area (Å²) in [7, 11) is 1.60. The molecule has 0 saturated carbocycles. The van der Waals surface area contributed by atoms with Crippen molar-refractivity contribution in [2.45, 2.75) is 52.4 Å². The van der Waals surface area contributed by atoms with Crippen molar-refractivity contribution in [3.63, 3.8) is 0 Å². The Hall–Kier alpha value is -0.610. The summed E-state index contributed by atoms with van der Waals surface area (Å²) in [4.78, 5) is 11.8. The van der Waals surface area contributed by atoms with Crippen molar-refractivity contribution in [1.29, 1.82) is 0 Å². The zero-order valence-corrected chi connectivity index (χ0v) is 10.8. The molecule has 94 valence electrons. The van der Waals surface area contributed by atoms with Gasteiger partial charge in [0.05, 0.1) is 12.0 Å². The summed E-state index contributed by atoms with van der Waals surface area (Å²) in [6.07, 6.45) is 1.17. The first-order valence-corrected chi connectivity index (χ1v) is 5.73. The summed E-state index contributed by atoms with van der Waals surface area (Å²) in [5.41, 5.74) is -0.425.